The van der Waals surface area contributed by atoms with Gasteiger partial charge < -0.3 is 10.1 Å². The van der Waals surface area contributed by atoms with Crippen LogP contribution >= 0.6 is 0 Å². The molecule has 1 atom stereocenters. The highest BCUT2D eigenvalue weighted by Crippen LogP contribution is 2.28. The monoisotopic (exact) mass is 226 g/mol. The largest absolute Gasteiger partial charge is 0.380 e. The summed E-state index contributed by atoms with van der Waals surface area (Å²) in [4.78, 5) is 2.66. The molecule has 0 spiro atoms. The molecule has 0 bridgehead atoms. The number of piperidine rings is 1. The Bertz CT molecular complexity index is 188. The van der Waals surface area contributed by atoms with Crippen molar-refractivity contribution in [2.24, 2.45) is 5.92 Å². The number of nitrogens with one attached hydrogen (secondary N) is 1. The van der Waals surface area contributed by atoms with Gasteiger partial charge in [0.05, 0.1) is 6.61 Å². The van der Waals surface area contributed by atoms with Gasteiger partial charge in [-0.05, 0) is 51.6 Å². The van der Waals surface area contributed by atoms with Gasteiger partial charge in [-0.15, -0.1) is 0 Å². The van der Waals surface area contributed by atoms with Gasteiger partial charge in [0.2, 0.25) is 0 Å². The number of hydrogen-bond acceptors (Lipinski definition) is 3. The fraction of sp³-hybridized carbons (Fsp3) is 1.00. The van der Waals surface area contributed by atoms with Gasteiger partial charge >= 0.3 is 0 Å². The normalized spacial score (nSPS) is 26.2. The van der Waals surface area contributed by atoms with Crippen LogP contribution < -0.4 is 5.32 Å². The lowest BCUT2D eigenvalue weighted by Gasteiger charge is -2.30. The van der Waals surface area contributed by atoms with Crippen molar-refractivity contribution in [3.8, 4) is 0 Å². The lowest BCUT2D eigenvalue weighted by atomic mass is 9.99. The van der Waals surface area contributed by atoms with Gasteiger partial charge in [0.25, 0.3) is 0 Å². The van der Waals surface area contributed by atoms with Crippen LogP contribution in [-0.2, 0) is 4.74 Å². The van der Waals surface area contributed by atoms with Gasteiger partial charge in [-0.3, -0.25) is 4.90 Å². The van der Waals surface area contributed by atoms with Crippen LogP contribution in [0.25, 0.3) is 0 Å². The van der Waals surface area contributed by atoms with Crippen LogP contribution in [0.15, 0.2) is 0 Å². The standard InChI is InChI=1S/C13H26N2O/c1-2-16-9-8-15(13-5-6-13)11-12-4-3-7-14-10-12/h12-14H,2-11H2,1H3. The van der Waals surface area contributed by atoms with Crippen LogP contribution in [0, 0.1) is 5.92 Å². The minimum Gasteiger partial charge on any atom is -0.380 e. The second kappa shape index (κ2) is 6.58. The molecule has 1 aliphatic carbocycles. The Balaban J connectivity index is 1.68. The fourth-order valence-corrected chi connectivity index (χ4v) is 2.60. The van der Waals surface area contributed by atoms with Gasteiger partial charge in [-0.25, -0.2) is 0 Å². The van der Waals surface area contributed by atoms with Crippen LogP contribution in [0.5, 0.6) is 0 Å². The molecular formula is C13H26N2O. The number of rotatable bonds is 7. The summed E-state index contributed by atoms with van der Waals surface area (Å²) in [6.45, 7) is 8.69. The lowest BCUT2D eigenvalue weighted by Crippen LogP contribution is -2.40. The van der Waals surface area contributed by atoms with Crippen LogP contribution in [-0.4, -0.2) is 50.3 Å². The Morgan fingerprint density at radius 1 is 1.31 bits per heavy atom. The van der Waals surface area contributed by atoms with E-state index in [1.54, 1.807) is 0 Å². The topological polar surface area (TPSA) is 24.5 Å². The molecule has 0 aromatic rings. The molecule has 1 aliphatic heterocycles. The first-order chi connectivity index (χ1) is 7.90. The Morgan fingerprint density at radius 2 is 2.19 bits per heavy atom. The van der Waals surface area contributed by atoms with E-state index in [1.165, 1.54) is 45.3 Å². The molecule has 2 aliphatic rings. The molecule has 1 unspecified atom stereocenters. The Labute approximate surface area is 99.5 Å². The third kappa shape index (κ3) is 4.04. The molecule has 0 aromatic carbocycles. The maximum atomic E-state index is 5.47. The van der Waals surface area contributed by atoms with Crippen molar-refractivity contribution in [1.82, 2.24) is 10.2 Å². The zero-order valence-corrected chi connectivity index (χ0v) is 10.6. The molecule has 94 valence electrons. The highest BCUT2D eigenvalue weighted by atomic mass is 16.5. The van der Waals surface area contributed by atoms with Crippen molar-refractivity contribution >= 4 is 0 Å². The minimum atomic E-state index is 0.851. The van der Waals surface area contributed by atoms with E-state index in [-0.39, 0.29) is 0 Å². The SMILES string of the molecule is CCOCCN(CC1CCCNC1)C1CC1. The maximum absolute atomic E-state index is 5.47. The average molecular weight is 226 g/mol. The molecule has 1 heterocycles. The predicted molar refractivity (Wildman–Crippen MR) is 66.7 cm³/mol. The fourth-order valence-electron chi connectivity index (χ4n) is 2.60. The molecule has 1 N–H and O–H groups in total. The van der Waals surface area contributed by atoms with E-state index in [1.807, 2.05) is 0 Å². The van der Waals surface area contributed by atoms with Crippen LogP contribution in [0.1, 0.15) is 32.6 Å². The van der Waals surface area contributed by atoms with Gasteiger partial charge in [-0.2, -0.15) is 0 Å². The molecule has 1 saturated carbocycles. The molecule has 3 heteroatoms. The molecule has 0 aromatic heterocycles. The summed E-state index contributed by atoms with van der Waals surface area (Å²) in [7, 11) is 0. The van der Waals surface area contributed by atoms with Crippen molar-refractivity contribution in [3.05, 3.63) is 0 Å². The number of ether oxygens (including phenoxy) is 1. The Morgan fingerprint density at radius 3 is 2.81 bits per heavy atom. The summed E-state index contributed by atoms with van der Waals surface area (Å²) in [5, 5.41) is 3.51. The van der Waals surface area contributed by atoms with Crippen LogP contribution in [0.2, 0.25) is 0 Å². The lowest BCUT2D eigenvalue weighted by molar-refractivity contribution is 0.0997. The molecule has 0 amide bonds. The van der Waals surface area contributed by atoms with E-state index < -0.39 is 0 Å². The van der Waals surface area contributed by atoms with Crippen LogP contribution in [0.3, 0.4) is 0 Å². The van der Waals surface area contributed by atoms with E-state index in [0.29, 0.717) is 0 Å². The van der Waals surface area contributed by atoms with Crippen LogP contribution in [0.4, 0.5) is 0 Å². The Kier molecular flexibility index (Phi) is 5.07. The third-order valence-electron chi connectivity index (χ3n) is 3.68. The highest BCUT2D eigenvalue weighted by Gasteiger charge is 2.30. The van der Waals surface area contributed by atoms with Gasteiger partial charge in [0.15, 0.2) is 0 Å². The van der Waals surface area contributed by atoms with Crippen molar-refractivity contribution in [1.29, 1.82) is 0 Å². The van der Waals surface area contributed by atoms with E-state index in [4.69, 9.17) is 4.74 Å². The summed E-state index contributed by atoms with van der Waals surface area (Å²) in [5.41, 5.74) is 0. The van der Waals surface area contributed by atoms with Gasteiger partial charge in [0.1, 0.15) is 0 Å². The quantitative estimate of drug-likeness (QED) is 0.666. The van der Waals surface area contributed by atoms with Crippen molar-refractivity contribution in [3.63, 3.8) is 0 Å². The summed E-state index contributed by atoms with van der Waals surface area (Å²) < 4.78 is 5.47. The van der Waals surface area contributed by atoms with Gasteiger partial charge in [-0.1, -0.05) is 0 Å². The number of nitrogens with zero attached hydrogens (tertiary/aromatic N) is 1. The van der Waals surface area contributed by atoms with E-state index in [9.17, 15) is 0 Å². The predicted octanol–water partition coefficient (Wildman–Crippen LogP) is 1.49. The zero-order chi connectivity index (χ0) is 11.2. The third-order valence-corrected chi connectivity index (χ3v) is 3.68. The molecule has 2 fully saturated rings. The van der Waals surface area contributed by atoms with E-state index >= 15 is 0 Å². The van der Waals surface area contributed by atoms with E-state index in [0.717, 1.165) is 31.7 Å². The summed E-state index contributed by atoms with van der Waals surface area (Å²) >= 11 is 0. The second-order valence-electron chi connectivity index (χ2n) is 5.14. The van der Waals surface area contributed by atoms with Gasteiger partial charge in [0, 0.05) is 25.7 Å². The molecule has 0 radical (unpaired) electrons. The average Bonchev–Trinajstić information content (AvgIpc) is 3.13. The molecule has 3 nitrogen and oxygen atoms in total. The zero-order valence-electron chi connectivity index (χ0n) is 10.6. The second-order valence-corrected chi connectivity index (χ2v) is 5.14. The highest BCUT2D eigenvalue weighted by molar-refractivity contribution is 4.86. The summed E-state index contributed by atoms with van der Waals surface area (Å²) in [5.74, 6) is 0.871. The maximum Gasteiger partial charge on any atom is 0.0593 e. The van der Waals surface area contributed by atoms with Crippen molar-refractivity contribution in [2.75, 3.05) is 39.4 Å². The van der Waals surface area contributed by atoms with Crippen molar-refractivity contribution in [2.45, 2.75) is 38.6 Å². The smallest absolute Gasteiger partial charge is 0.0593 e. The summed E-state index contributed by atoms with van der Waals surface area (Å²) in [6.07, 6.45) is 5.58. The molecule has 2 rings (SSSR count). The Hall–Kier alpha value is -0.120. The van der Waals surface area contributed by atoms with E-state index in [2.05, 4.69) is 17.1 Å². The summed E-state index contributed by atoms with van der Waals surface area (Å²) in [6, 6.07) is 0.877. The first-order valence-electron chi connectivity index (χ1n) is 6.92. The molecular weight excluding hydrogens is 200 g/mol. The first-order valence-corrected chi connectivity index (χ1v) is 6.92. The van der Waals surface area contributed by atoms with Crippen molar-refractivity contribution < 1.29 is 4.74 Å². The first kappa shape index (κ1) is 12.3. The number of hydrogen-bond donors (Lipinski definition) is 1. The molecule has 1 saturated heterocycles. The minimum absolute atomic E-state index is 0.851. The molecule has 16 heavy (non-hydrogen) atoms.